The Morgan fingerprint density at radius 1 is 1.55 bits per heavy atom. The largest absolute Gasteiger partial charge is 0.399 e. The van der Waals surface area contributed by atoms with E-state index in [1.54, 1.807) is 0 Å². The summed E-state index contributed by atoms with van der Waals surface area (Å²) in [6.45, 7) is 7.65. The van der Waals surface area contributed by atoms with Crippen LogP contribution < -0.4 is 5.73 Å². The maximum absolute atomic E-state index is 5.47. The monoisotopic (exact) mass is 151 g/mol. The van der Waals surface area contributed by atoms with Crippen molar-refractivity contribution in [2.45, 2.75) is 26.7 Å². The number of allylic oxidation sites excluding steroid dienone is 4. The van der Waals surface area contributed by atoms with Gasteiger partial charge in [0.15, 0.2) is 0 Å². The van der Waals surface area contributed by atoms with Crippen LogP contribution in [0.1, 0.15) is 26.7 Å². The van der Waals surface area contributed by atoms with Crippen molar-refractivity contribution in [1.29, 1.82) is 0 Å². The third-order valence-corrected chi connectivity index (χ3v) is 1.43. The third-order valence-electron chi connectivity index (χ3n) is 1.43. The van der Waals surface area contributed by atoms with Crippen LogP contribution in [0.4, 0.5) is 0 Å². The van der Waals surface area contributed by atoms with Crippen LogP contribution in [0.2, 0.25) is 0 Å². The summed E-state index contributed by atoms with van der Waals surface area (Å²) in [7, 11) is 0. The Morgan fingerprint density at radius 3 is 2.45 bits per heavy atom. The number of hydrogen-bond acceptors (Lipinski definition) is 1. The predicted octanol–water partition coefficient (Wildman–Crippen LogP) is 2.76. The standard InChI is InChI=1S/C8H11N.C2H6/c1-7(9)8-5-3-2-4-6-8;1-2/h2-3,5H,1,4,6,9H2;1-2H3. The van der Waals surface area contributed by atoms with Crippen LogP contribution in [0.5, 0.6) is 0 Å². The molecule has 62 valence electrons. The van der Waals surface area contributed by atoms with Crippen molar-refractivity contribution in [2.24, 2.45) is 5.73 Å². The molecule has 1 nitrogen and oxygen atoms in total. The Morgan fingerprint density at radius 2 is 2.18 bits per heavy atom. The predicted molar refractivity (Wildman–Crippen MR) is 51.1 cm³/mol. The molecule has 0 spiro atoms. The Kier molecular flexibility index (Phi) is 5.26. The van der Waals surface area contributed by atoms with Crippen molar-refractivity contribution in [3.8, 4) is 0 Å². The van der Waals surface area contributed by atoms with E-state index < -0.39 is 0 Å². The summed E-state index contributed by atoms with van der Waals surface area (Å²) in [5, 5.41) is 0. The Hall–Kier alpha value is -0.980. The van der Waals surface area contributed by atoms with Gasteiger partial charge < -0.3 is 5.73 Å². The first kappa shape index (κ1) is 10.0. The molecular weight excluding hydrogens is 134 g/mol. The molecule has 0 aromatic carbocycles. The Balaban J connectivity index is 0.000000461. The molecule has 11 heavy (non-hydrogen) atoms. The fourth-order valence-electron chi connectivity index (χ4n) is 0.870. The molecule has 0 saturated carbocycles. The van der Waals surface area contributed by atoms with Crippen molar-refractivity contribution < 1.29 is 0 Å². The van der Waals surface area contributed by atoms with Crippen LogP contribution in [0, 0.1) is 0 Å². The molecule has 0 saturated heterocycles. The number of rotatable bonds is 1. The van der Waals surface area contributed by atoms with Gasteiger partial charge in [0.1, 0.15) is 0 Å². The lowest BCUT2D eigenvalue weighted by molar-refractivity contribution is 0.964. The van der Waals surface area contributed by atoms with Gasteiger partial charge in [0.25, 0.3) is 0 Å². The van der Waals surface area contributed by atoms with E-state index in [1.165, 1.54) is 5.57 Å². The quantitative estimate of drug-likeness (QED) is 0.612. The van der Waals surface area contributed by atoms with E-state index in [4.69, 9.17) is 5.73 Å². The second kappa shape index (κ2) is 5.78. The van der Waals surface area contributed by atoms with Gasteiger partial charge in [0, 0.05) is 5.70 Å². The molecule has 0 aromatic heterocycles. The topological polar surface area (TPSA) is 26.0 Å². The van der Waals surface area contributed by atoms with E-state index in [0.717, 1.165) is 12.8 Å². The first-order valence-corrected chi connectivity index (χ1v) is 4.11. The van der Waals surface area contributed by atoms with E-state index in [9.17, 15) is 0 Å². The van der Waals surface area contributed by atoms with Crippen LogP contribution in [0.25, 0.3) is 0 Å². The highest BCUT2D eigenvalue weighted by Gasteiger charge is 1.98. The second-order valence-corrected chi connectivity index (χ2v) is 2.18. The Bertz CT molecular complexity index is 175. The van der Waals surface area contributed by atoms with Gasteiger partial charge in [0.05, 0.1) is 0 Å². The zero-order chi connectivity index (χ0) is 8.69. The van der Waals surface area contributed by atoms with Gasteiger partial charge >= 0.3 is 0 Å². The SMILES string of the molecule is C=C(N)C1=CC=CCC1.CC. The fraction of sp³-hybridized carbons (Fsp3) is 0.400. The number of hydrogen-bond donors (Lipinski definition) is 1. The minimum atomic E-state index is 0.708. The van der Waals surface area contributed by atoms with Gasteiger partial charge in [-0.15, -0.1) is 0 Å². The average Bonchev–Trinajstić information content (AvgIpc) is 2.10. The van der Waals surface area contributed by atoms with Gasteiger partial charge in [-0.05, 0) is 18.4 Å². The van der Waals surface area contributed by atoms with E-state index >= 15 is 0 Å². The third kappa shape index (κ3) is 3.66. The molecule has 1 aliphatic carbocycles. The van der Waals surface area contributed by atoms with Crippen LogP contribution in [0.15, 0.2) is 36.1 Å². The molecule has 0 radical (unpaired) electrons. The van der Waals surface area contributed by atoms with Crippen molar-refractivity contribution in [3.05, 3.63) is 36.1 Å². The van der Waals surface area contributed by atoms with Gasteiger partial charge in [-0.25, -0.2) is 0 Å². The summed E-state index contributed by atoms with van der Waals surface area (Å²) in [6, 6.07) is 0. The van der Waals surface area contributed by atoms with Gasteiger partial charge in [-0.2, -0.15) is 0 Å². The molecule has 0 atom stereocenters. The van der Waals surface area contributed by atoms with Crippen molar-refractivity contribution in [2.75, 3.05) is 0 Å². The Labute approximate surface area is 69.3 Å². The number of nitrogens with two attached hydrogens (primary N) is 1. The minimum absolute atomic E-state index is 0.708. The molecule has 1 aliphatic rings. The van der Waals surface area contributed by atoms with Gasteiger partial charge in [-0.1, -0.05) is 38.7 Å². The molecule has 0 aliphatic heterocycles. The smallest absolute Gasteiger partial charge is 0.0273 e. The van der Waals surface area contributed by atoms with E-state index in [0.29, 0.717) is 5.70 Å². The molecule has 0 fully saturated rings. The molecular formula is C10H17N. The van der Waals surface area contributed by atoms with Crippen molar-refractivity contribution in [3.63, 3.8) is 0 Å². The first-order valence-electron chi connectivity index (χ1n) is 4.11. The van der Waals surface area contributed by atoms with Crippen LogP contribution in [0.3, 0.4) is 0 Å². The first-order chi connectivity index (χ1) is 5.30. The zero-order valence-electron chi connectivity index (χ0n) is 7.43. The zero-order valence-corrected chi connectivity index (χ0v) is 7.43. The molecule has 1 heteroatoms. The summed E-state index contributed by atoms with van der Waals surface area (Å²) < 4.78 is 0. The highest BCUT2D eigenvalue weighted by molar-refractivity contribution is 5.31. The van der Waals surface area contributed by atoms with E-state index in [1.807, 2.05) is 26.0 Å². The van der Waals surface area contributed by atoms with Crippen LogP contribution >= 0.6 is 0 Å². The minimum Gasteiger partial charge on any atom is -0.399 e. The molecule has 1 rings (SSSR count). The maximum Gasteiger partial charge on any atom is 0.0273 e. The highest BCUT2D eigenvalue weighted by Crippen LogP contribution is 2.14. The summed E-state index contributed by atoms with van der Waals surface area (Å²) >= 11 is 0. The lowest BCUT2D eigenvalue weighted by atomic mass is 10.0. The molecule has 0 amide bonds. The van der Waals surface area contributed by atoms with Crippen molar-refractivity contribution in [1.82, 2.24) is 0 Å². The molecule has 0 heterocycles. The lowest BCUT2D eigenvalue weighted by Crippen LogP contribution is -1.99. The second-order valence-electron chi connectivity index (χ2n) is 2.18. The molecule has 0 unspecified atom stereocenters. The van der Waals surface area contributed by atoms with E-state index in [2.05, 4.69) is 12.7 Å². The lowest BCUT2D eigenvalue weighted by Gasteiger charge is -2.06. The molecule has 0 bridgehead atoms. The summed E-state index contributed by atoms with van der Waals surface area (Å²) in [6.07, 6.45) is 8.32. The molecule has 0 aromatic rings. The van der Waals surface area contributed by atoms with Gasteiger partial charge in [-0.3, -0.25) is 0 Å². The fourth-order valence-corrected chi connectivity index (χ4v) is 0.870. The summed E-state index contributed by atoms with van der Waals surface area (Å²) in [5.74, 6) is 0. The molecule has 2 N–H and O–H groups in total. The van der Waals surface area contributed by atoms with Crippen molar-refractivity contribution >= 4 is 0 Å². The average molecular weight is 151 g/mol. The summed E-state index contributed by atoms with van der Waals surface area (Å²) in [5.41, 5.74) is 7.36. The highest BCUT2D eigenvalue weighted by atomic mass is 14.6. The maximum atomic E-state index is 5.47. The normalized spacial score (nSPS) is 14.5. The van der Waals surface area contributed by atoms with E-state index in [-0.39, 0.29) is 0 Å². The van der Waals surface area contributed by atoms with Crippen LogP contribution in [-0.4, -0.2) is 0 Å². The van der Waals surface area contributed by atoms with Crippen LogP contribution in [-0.2, 0) is 0 Å². The van der Waals surface area contributed by atoms with Gasteiger partial charge in [0.2, 0.25) is 0 Å². The summed E-state index contributed by atoms with van der Waals surface area (Å²) in [4.78, 5) is 0.